The zero-order valence-electron chi connectivity index (χ0n) is 16.6. The monoisotopic (exact) mass is 410 g/mol. The SMILES string of the molecule is CC(N)C1CCCN(C(=O)c2cn(-c3ccccc3)nc2-c2ccccc2)C1.Cl. The van der Waals surface area contributed by atoms with E-state index in [0.717, 1.165) is 36.3 Å². The van der Waals surface area contributed by atoms with Crippen molar-refractivity contribution in [3.05, 3.63) is 72.4 Å². The van der Waals surface area contributed by atoms with Crippen LogP contribution < -0.4 is 5.73 Å². The number of likely N-dealkylation sites (tertiary alicyclic amines) is 1. The number of amides is 1. The molecule has 1 aliphatic heterocycles. The molecule has 1 aliphatic rings. The predicted molar refractivity (Wildman–Crippen MR) is 119 cm³/mol. The number of aromatic nitrogens is 2. The normalized spacial score (nSPS) is 17.4. The minimum atomic E-state index is 0. The maximum absolute atomic E-state index is 13.4. The summed E-state index contributed by atoms with van der Waals surface area (Å²) in [6, 6.07) is 19.9. The van der Waals surface area contributed by atoms with Gasteiger partial charge in [0, 0.05) is 30.9 Å². The summed E-state index contributed by atoms with van der Waals surface area (Å²) < 4.78 is 1.79. The van der Waals surface area contributed by atoms with Crippen LogP contribution in [-0.2, 0) is 0 Å². The van der Waals surface area contributed by atoms with Crippen molar-refractivity contribution in [3.8, 4) is 16.9 Å². The maximum atomic E-state index is 13.4. The zero-order chi connectivity index (χ0) is 19.5. The molecule has 0 saturated carbocycles. The number of nitrogens with two attached hydrogens (primary N) is 1. The molecule has 0 spiro atoms. The van der Waals surface area contributed by atoms with E-state index in [9.17, 15) is 4.79 Å². The van der Waals surface area contributed by atoms with Gasteiger partial charge in [0.1, 0.15) is 5.69 Å². The molecule has 4 rings (SSSR count). The summed E-state index contributed by atoms with van der Waals surface area (Å²) in [6.45, 7) is 3.51. The van der Waals surface area contributed by atoms with Crippen molar-refractivity contribution in [2.45, 2.75) is 25.8 Å². The lowest BCUT2D eigenvalue weighted by Crippen LogP contribution is -2.45. The van der Waals surface area contributed by atoms with Crippen LogP contribution in [0, 0.1) is 5.92 Å². The molecule has 2 atom stereocenters. The number of benzene rings is 2. The molecule has 0 radical (unpaired) electrons. The van der Waals surface area contributed by atoms with Gasteiger partial charge in [-0.3, -0.25) is 4.79 Å². The van der Waals surface area contributed by atoms with E-state index in [1.54, 1.807) is 4.68 Å². The first-order valence-electron chi connectivity index (χ1n) is 9.89. The van der Waals surface area contributed by atoms with Crippen LogP contribution in [0.2, 0.25) is 0 Å². The third-order valence-corrected chi connectivity index (χ3v) is 5.50. The van der Waals surface area contributed by atoms with Crippen molar-refractivity contribution in [1.82, 2.24) is 14.7 Å². The van der Waals surface area contributed by atoms with Crippen molar-refractivity contribution in [2.75, 3.05) is 13.1 Å². The Balaban J connectivity index is 0.00000240. The first-order chi connectivity index (χ1) is 13.6. The number of halogens is 1. The Labute approximate surface area is 177 Å². The molecule has 1 saturated heterocycles. The van der Waals surface area contributed by atoms with Crippen molar-refractivity contribution in [2.24, 2.45) is 11.7 Å². The smallest absolute Gasteiger partial charge is 0.257 e. The van der Waals surface area contributed by atoms with Gasteiger partial charge < -0.3 is 10.6 Å². The van der Waals surface area contributed by atoms with Crippen LogP contribution in [0.5, 0.6) is 0 Å². The fourth-order valence-electron chi connectivity index (χ4n) is 3.85. The Kier molecular flexibility index (Phi) is 6.72. The molecule has 1 fully saturated rings. The van der Waals surface area contributed by atoms with E-state index in [-0.39, 0.29) is 24.4 Å². The van der Waals surface area contributed by atoms with E-state index in [4.69, 9.17) is 10.8 Å². The standard InChI is InChI=1S/C23H26N4O.ClH/c1-17(24)19-11-8-14-26(15-19)23(28)21-16-27(20-12-6-3-7-13-20)25-22(21)18-9-4-2-5-10-18;/h2-7,9-10,12-13,16-17,19H,8,11,14-15,24H2,1H3;1H. The number of carbonyl (C=O) groups excluding carboxylic acids is 1. The number of rotatable bonds is 4. The van der Waals surface area contributed by atoms with Gasteiger partial charge in [0.15, 0.2) is 0 Å². The average molecular weight is 411 g/mol. The second-order valence-electron chi connectivity index (χ2n) is 7.55. The second kappa shape index (κ2) is 9.25. The molecule has 5 nitrogen and oxygen atoms in total. The lowest BCUT2D eigenvalue weighted by molar-refractivity contribution is 0.0661. The number of para-hydroxylation sites is 1. The van der Waals surface area contributed by atoms with E-state index < -0.39 is 0 Å². The topological polar surface area (TPSA) is 64.2 Å². The van der Waals surface area contributed by atoms with Gasteiger partial charge in [0.25, 0.3) is 5.91 Å². The molecule has 1 amide bonds. The highest BCUT2D eigenvalue weighted by atomic mass is 35.5. The molecule has 29 heavy (non-hydrogen) atoms. The number of nitrogens with zero attached hydrogens (tertiary/aromatic N) is 3. The number of carbonyl (C=O) groups is 1. The molecule has 2 heterocycles. The highest BCUT2D eigenvalue weighted by molar-refractivity contribution is 6.00. The number of hydrogen-bond donors (Lipinski definition) is 1. The molecular weight excluding hydrogens is 384 g/mol. The van der Waals surface area contributed by atoms with Crippen molar-refractivity contribution < 1.29 is 4.79 Å². The minimum absolute atomic E-state index is 0. The molecule has 152 valence electrons. The van der Waals surface area contributed by atoms with Crippen LogP contribution in [-0.4, -0.2) is 39.7 Å². The highest BCUT2D eigenvalue weighted by Crippen LogP contribution is 2.27. The quantitative estimate of drug-likeness (QED) is 0.702. The summed E-state index contributed by atoms with van der Waals surface area (Å²) in [4.78, 5) is 15.4. The van der Waals surface area contributed by atoms with Crippen LogP contribution in [0.15, 0.2) is 66.9 Å². The van der Waals surface area contributed by atoms with Gasteiger partial charge in [-0.2, -0.15) is 5.10 Å². The first-order valence-corrected chi connectivity index (χ1v) is 9.89. The van der Waals surface area contributed by atoms with Crippen molar-refractivity contribution >= 4 is 18.3 Å². The molecule has 2 N–H and O–H groups in total. The highest BCUT2D eigenvalue weighted by Gasteiger charge is 2.29. The van der Waals surface area contributed by atoms with E-state index in [1.807, 2.05) is 78.7 Å². The van der Waals surface area contributed by atoms with E-state index in [1.165, 1.54) is 0 Å². The number of piperidine rings is 1. The van der Waals surface area contributed by atoms with Crippen LogP contribution in [0.1, 0.15) is 30.1 Å². The molecule has 2 aromatic carbocycles. The Morgan fingerprint density at radius 2 is 1.76 bits per heavy atom. The van der Waals surface area contributed by atoms with Crippen LogP contribution in [0.3, 0.4) is 0 Å². The second-order valence-corrected chi connectivity index (χ2v) is 7.55. The summed E-state index contributed by atoms with van der Waals surface area (Å²) >= 11 is 0. The predicted octanol–water partition coefficient (Wildman–Crippen LogP) is 4.16. The fourth-order valence-corrected chi connectivity index (χ4v) is 3.85. The summed E-state index contributed by atoms with van der Waals surface area (Å²) in [7, 11) is 0. The van der Waals surface area contributed by atoms with E-state index in [2.05, 4.69) is 0 Å². The van der Waals surface area contributed by atoms with Crippen molar-refractivity contribution in [3.63, 3.8) is 0 Å². The average Bonchev–Trinajstić information content (AvgIpc) is 3.20. The minimum Gasteiger partial charge on any atom is -0.338 e. The molecule has 6 heteroatoms. The Morgan fingerprint density at radius 1 is 1.10 bits per heavy atom. The molecule has 0 aliphatic carbocycles. The maximum Gasteiger partial charge on any atom is 0.257 e. The van der Waals surface area contributed by atoms with Gasteiger partial charge in [-0.1, -0.05) is 48.5 Å². The molecule has 0 bridgehead atoms. The lowest BCUT2D eigenvalue weighted by atomic mass is 9.91. The lowest BCUT2D eigenvalue weighted by Gasteiger charge is -2.34. The van der Waals surface area contributed by atoms with E-state index in [0.29, 0.717) is 18.0 Å². The summed E-state index contributed by atoms with van der Waals surface area (Å²) in [5.41, 5.74) is 9.36. The van der Waals surface area contributed by atoms with Crippen LogP contribution >= 0.6 is 12.4 Å². The van der Waals surface area contributed by atoms with Gasteiger partial charge in [0.2, 0.25) is 0 Å². The van der Waals surface area contributed by atoms with Gasteiger partial charge in [-0.05, 0) is 37.8 Å². The molecule has 2 unspecified atom stereocenters. The fraction of sp³-hybridized carbons (Fsp3) is 0.304. The Hall–Kier alpha value is -2.63. The van der Waals surface area contributed by atoms with Crippen LogP contribution in [0.25, 0.3) is 16.9 Å². The van der Waals surface area contributed by atoms with Gasteiger partial charge in [-0.15, -0.1) is 12.4 Å². The Bertz CT molecular complexity index is 940. The summed E-state index contributed by atoms with van der Waals surface area (Å²) in [6.07, 6.45) is 3.93. The molecule has 3 aromatic rings. The Morgan fingerprint density at radius 3 is 2.41 bits per heavy atom. The van der Waals surface area contributed by atoms with Crippen LogP contribution in [0.4, 0.5) is 0 Å². The van der Waals surface area contributed by atoms with Gasteiger partial charge in [0.05, 0.1) is 11.3 Å². The number of hydrogen-bond acceptors (Lipinski definition) is 3. The largest absolute Gasteiger partial charge is 0.338 e. The third-order valence-electron chi connectivity index (χ3n) is 5.50. The molecule has 1 aromatic heterocycles. The van der Waals surface area contributed by atoms with Crippen molar-refractivity contribution in [1.29, 1.82) is 0 Å². The molecular formula is C23H27ClN4O. The van der Waals surface area contributed by atoms with Gasteiger partial charge in [-0.25, -0.2) is 4.68 Å². The summed E-state index contributed by atoms with van der Waals surface area (Å²) in [5.74, 6) is 0.383. The zero-order valence-corrected chi connectivity index (χ0v) is 17.4. The van der Waals surface area contributed by atoms with E-state index >= 15 is 0 Å². The van der Waals surface area contributed by atoms with Gasteiger partial charge >= 0.3 is 0 Å². The first kappa shape index (κ1) is 21.1. The third kappa shape index (κ3) is 4.52. The summed E-state index contributed by atoms with van der Waals surface area (Å²) in [5, 5.41) is 4.77.